The molecule has 1 aromatic heterocycles. The van der Waals surface area contributed by atoms with Crippen LogP contribution in [-0.4, -0.2) is 66.2 Å². The van der Waals surface area contributed by atoms with Crippen molar-refractivity contribution >= 4 is 19.6 Å². The van der Waals surface area contributed by atoms with Crippen LogP contribution in [0, 0.1) is 5.92 Å². The van der Waals surface area contributed by atoms with Crippen molar-refractivity contribution in [2.75, 3.05) is 32.8 Å². The first-order valence-corrected chi connectivity index (χ1v) is 17.4. The lowest BCUT2D eigenvalue weighted by Crippen LogP contribution is -2.45. The minimum absolute atomic E-state index is 0.0560. The second-order valence-corrected chi connectivity index (χ2v) is 13.7. The average molecular weight is 728 g/mol. The molecule has 3 aromatic carbocycles. The molecular weight excluding hydrogens is 691 g/mol. The number of rotatable bonds is 13. The first-order chi connectivity index (χ1) is 24.4. The molecule has 2 aliphatic heterocycles. The summed E-state index contributed by atoms with van der Waals surface area (Å²) in [7, 11) is -1.37. The molecule has 2 fully saturated rings. The highest BCUT2D eigenvalue weighted by molar-refractivity contribution is 7.48. The van der Waals surface area contributed by atoms with Crippen LogP contribution in [0.1, 0.15) is 36.3 Å². The topological polar surface area (TPSA) is 157 Å². The van der Waals surface area contributed by atoms with Gasteiger partial charge in [0.15, 0.2) is 6.10 Å². The van der Waals surface area contributed by atoms with Gasteiger partial charge in [-0.05, 0) is 53.4 Å². The van der Waals surface area contributed by atoms with E-state index in [0.717, 1.165) is 22.9 Å². The Morgan fingerprint density at radius 1 is 1.02 bits per heavy atom. The number of carbonyl (C=O) groups is 1. The van der Waals surface area contributed by atoms with Crippen molar-refractivity contribution < 1.29 is 51.0 Å². The Morgan fingerprint density at radius 3 is 2.16 bits per heavy atom. The Kier molecular flexibility index (Phi) is 10.3. The first kappa shape index (κ1) is 36.1. The third-order valence-electron chi connectivity index (χ3n) is 8.86. The molecule has 0 saturated carbocycles. The lowest BCUT2D eigenvalue weighted by Gasteiger charge is -2.37. The van der Waals surface area contributed by atoms with Gasteiger partial charge in [-0.3, -0.25) is 22.9 Å². The predicted molar refractivity (Wildman–Crippen MR) is 179 cm³/mol. The minimum atomic E-state index is -4.49. The van der Waals surface area contributed by atoms with Gasteiger partial charge in [0.2, 0.25) is 6.23 Å². The molecule has 5 atom stereocenters. The maximum absolute atomic E-state index is 15.9. The molecule has 13 nitrogen and oxygen atoms in total. The number of methoxy groups -OCH3 is 2. The summed E-state index contributed by atoms with van der Waals surface area (Å²) in [6.07, 6.45) is -4.57. The van der Waals surface area contributed by atoms with Crippen LogP contribution >= 0.6 is 7.82 Å². The number of nitrogens with zero attached hydrogens (tertiary/aromatic N) is 2. The Bertz CT molecular complexity index is 1900. The molecule has 6 rings (SSSR count). The van der Waals surface area contributed by atoms with Crippen molar-refractivity contribution in [2.45, 2.75) is 43.2 Å². The second-order valence-electron chi connectivity index (χ2n) is 12.0. The van der Waals surface area contributed by atoms with Crippen molar-refractivity contribution in [1.29, 1.82) is 0 Å². The predicted octanol–water partition coefficient (Wildman–Crippen LogP) is 5.85. The molecule has 51 heavy (non-hydrogen) atoms. The quantitative estimate of drug-likeness (QED) is 0.125. The van der Waals surface area contributed by atoms with E-state index in [1.54, 1.807) is 38.5 Å². The number of phosphoric ester groups is 1. The summed E-state index contributed by atoms with van der Waals surface area (Å²) in [6, 6.07) is 25.5. The van der Waals surface area contributed by atoms with Gasteiger partial charge in [0.1, 0.15) is 29.0 Å². The molecule has 0 amide bonds. The number of hydrogen-bond acceptors (Lipinski definition) is 11. The largest absolute Gasteiger partial charge is 0.497 e. The number of ether oxygens (including phenoxy) is 3. The van der Waals surface area contributed by atoms with Gasteiger partial charge < -0.3 is 24.6 Å². The maximum atomic E-state index is 15.9. The summed E-state index contributed by atoms with van der Waals surface area (Å²) < 4.78 is 77.1. The van der Waals surface area contributed by atoms with Gasteiger partial charge in [-0.25, -0.2) is 9.36 Å². The summed E-state index contributed by atoms with van der Waals surface area (Å²) in [4.78, 5) is 28.8. The molecule has 16 heteroatoms. The molecule has 3 heterocycles. The van der Waals surface area contributed by atoms with E-state index in [9.17, 15) is 14.2 Å². The average Bonchev–Trinajstić information content (AvgIpc) is 3.39. The number of hydrogen-bond donors (Lipinski definition) is 2. The number of carboxylic acids is 1. The van der Waals surface area contributed by atoms with Crippen LogP contribution in [0.25, 0.3) is 0 Å². The Morgan fingerprint density at radius 2 is 1.61 bits per heavy atom. The summed E-state index contributed by atoms with van der Waals surface area (Å²) in [5.74, 6) is -4.50. The van der Waals surface area contributed by atoms with Crippen molar-refractivity contribution in [1.82, 2.24) is 9.55 Å². The van der Waals surface area contributed by atoms with Gasteiger partial charge in [0.05, 0.1) is 33.4 Å². The van der Waals surface area contributed by atoms with Crippen LogP contribution < -0.4 is 20.5 Å². The molecule has 4 aromatic rings. The second kappa shape index (κ2) is 14.5. The molecule has 0 aliphatic carbocycles. The lowest BCUT2D eigenvalue weighted by atomic mass is 9.77. The fourth-order valence-electron chi connectivity index (χ4n) is 6.04. The number of carboxylic acid groups (broad SMARTS) is 1. The molecule has 270 valence electrons. The smallest absolute Gasteiger partial charge is 0.475 e. The zero-order chi connectivity index (χ0) is 36.4. The van der Waals surface area contributed by atoms with Crippen LogP contribution in [0.15, 0.2) is 95.9 Å². The zero-order valence-electron chi connectivity index (χ0n) is 27.8. The standard InChI is InChI=1S/C35H36F2N3O10P/c1-22(31(41)42)18-20-47-51(44)48-21-28-30(50-51)35(36,37)32(49-28)40-19-17-29(38-33(40)43)39-34(23-7-5-4-6-8-23,24-9-13-26(45-2)14-10-24)25-11-15-27(46-3)16-12-25/h4-17,19,22,28,30,32H,18,20-21H2,1-3H3,(H,41,42)(H,38,39,43)/t22?,28-,30-,32-,51?/m1/s1. The van der Waals surface area contributed by atoms with Crippen molar-refractivity contribution in [2.24, 2.45) is 5.92 Å². The third kappa shape index (κ3) is 7.12. The Labute approximate surface area is 291 Å². The van der Waals surface area contributed by atoms with Crippen LogP contribution in [0.4, 0.5) is 14.6 Å². The van der Waals surface area contributed by atoms with E-state index in [1.165, 1.54) is 13.0 Å². The van der Waals surface area contributed by atoms with E-state index >= 15 is 8.78 Å². The number of halogens is 2. The first-order valence-electron chi connectivity index (χ1n) is 16.0. The molecule has 2 unspecified atom stereocenters. The molecule has 0 radical (unpaired) electrons. The highest BCUT2D eigenvalue weighted by Crippen LogP contribution is 2.60. The van der Waals surface area contributed by atoms with Gasteiger partial charge in [-0.1, -0.05) is 61.5 Å². The maximum Gasteiger partial charge on any atom is 0.475 e. The number of aliphatic carboxylic acids is 1. The summed E-state index contributed by atoms with van der Waals surface area (Å²) in [5.41, 5.74) is 0.0752. The van der Waals surface area contributed by atoms with Gasteiger partial charge in [0, 0.05) is 6.20 Å². The summed E-state index contributed by atoms with van der Waals surface area (Å²) in [5, 5.41) is 12.5. The number of phosphoric acid groups is 1. The van der Waals surface area contributed by atoms with E-state index in [-0.39, 0.29) is 18.8 Å². The van der Waals surface area contributed by atoms with Gasteiger partial charge in [0.25, 0.3) is 0 Å². The van der Waals surface area contributed by atoms with Crippen molar-refractivity contribution in [3.8, 4) is 11.5 Å². The van der Waals surface area contributed by atoms with Gasteiger partial charge in [-0.2, -0.15) is 13.8 Å². The summed E-state index contributed by atoms with van der Waals surface area (Å²) in [6.45, 7) is 0.469. The number of anilines is 1. The molecular formula is C35H36F2N3O10P. The fourth-order valence-corrected chi connectivity index (χ4v) is 7.45. The van der Waals surface area contributed by atoms with Crippen LogP contribution in [0.2, 0.25) is 0 Å². The van der Waals surface area contributed by atoms with Crippen LogP contribution in [0.5, 0.6) is 11.5 Å². The monoisotopic (exact) mass is 727 g/mol. The highest BCUT2D eigenvalue weighted by atomic mass is 31.2. The molecule has 0 bridgehead atoms. The number of fused-ring (bicyclic) bond motifs is 1. The highest BCUT2D eigenvalue weighted by Gasteiger charge is 2.65. The van der Waals surface area contributed by atoms with Gasteiger partial charge >= 0.3 is 25.4 Å². The van der Waals surface area contributed by atoms with E-state index in [4.69, 9.17) is 32.9 Å². The molecule has 2 aliphatic rings. The molecule has 0 spiro atoms. The number of benzene rings is 3. The lowest BCUT2D eigenvalue weighted by molar-refractivity contribution is -0.142. The minimum Gasteiger partial charge on any atom is -0.497 e. The third-order valence-corrected chi connectivity index (χ3v) is 10.3. The Balaban J connectivity index is 1.32. The number of alkyl halides is 2. The van der Waals surface area contributed by atoms with Gasteiger partial charge in [-0.15, -0.1) is 0 Å². The SMILES string of the molecule is COc1ccc(C(Nc2ccn([C@@H]3O[C@@H]4COP(=O)(OCCC(C)C(=O)O)O[C@H]4C3(F)F)c(=O)n2)(c2ccccc2)c2ccc(OC)cc2)cc1. The van der Waals surface area contributed by atoms with Crippen LogP contribution in [-0.2, 0) is 33.2 Å². The molecule has 2 saturated heterocycles. The number of aromatic nitrogens is 2. The molecule has 2 N–H and O–H groups in total. The summed E-state index contributed by atoms with van der Waals surface area (Å²) >= 11 is 0. The zero-order valence-corrected chi connectivity index (χ0v) is 28.7. The van der Waals surface area contributed by atoms with E-state index in [1.807, 2.05) is 54.6 Å². The number of nitrogens with one attached hydrogen (secondary N) is 1. The van der Waals surface area contributed by atoms with E-state index < -0.39 is 61.9 Å². The van der Waals surface area contributed by atoms with Crippen molar-refractivity contribution in [3.05, 3.63) is 118 Å². The van der Waals surface area contributed by atoms with E-state index in [0.29, 0.717) is 16.1 Å². The Hall–Kier alpha value is -4.66. The van der Waals surface area contributed by atoms with Crippen molar-refractivity contribution in [3.63, 3.8) is 0 Å². The van der Waals surface area contributed by atoms with E-state index in [2.05, 4.69) is 10.3 Å². The fraction of sp³-hybridized carbons (Fsp3) is 0.343. The van der Waals surface area contributed by atoms with Crippen LogP contribution in [0.3, 0.4) is 0 Å². The normalized spacial score (nSPS) is 23.2.